The number of likely N-dealkylation sites (N-methyl/N-ethyl adjacent to an activating group) is 2. The Hall–Kier alpha value is -0.140. The summed E-state index contributed by atoms with van der Waals surface area (Å²) >= 11 is 5.56. The SMILES string of the molecule is CNCCN(C)C(=O)c1cc(Br)ccc1I. The van der Waals surface area contributed by atoms with Gasteiger partial charge in [0.05, 0.1) is 5.56 Å². The molecule has 0 atom stereocenters. The zero-order valence-corrected chi connectivity index (χ0v) is 13.0. The zero-order valence-electron chi connectivity index (χ0n) is 9.26. The quantitative estimate of drug-likeness (QED) is 0.792. The molecule has 0 saturated carbocycles. The van der Waals surface area contributed by atoms with Gasteiger partial charge in [-0.1, -0.05) is 15.9 Å². The molecule has 0 aromatic heterocycles. The van der Waals surface area contributed by atoms with Gasteiger partial charge in [-0.05, 0) is 47.8 Å². The van der Waals surface area contributed by atoms with Crippen molar-refractivity contribution in [3.63, 3.8) is 0 Å². The first-order valence-electron chi connectivity index (χ1n) is 4.91. The molecule has 0 bridgehead atoms. The van der Waals surface area contributed by atoms with E-state index in [9.17, 15) is 4.79 Å². The number of carbonyl (C=O) groups excluding carboxylic acids is 1. The monoisotopic (exact) mass is 396 g/mol. The van der Waals surface area contributed by atoms with Gasteiger partial charge in [-0.3, -0.25) is 4.79 Å². The highest BCUT2D eigenvalue weighted by molar-refractivity contribution is 14.1. The number of amides is 1. The fourth-order valence-electron chi connectivity index (χ4n) is 1.25. The third kappa shape index (κ3) is 3.71. The van der Waals surface area contributed by atoms with Crippen LogP contribution in [0, 0.1) is 3.57 Å². The molecule has 5 heteroatoms. The number of nitrogens with one attached hydrogen (secondary N) is 1. The van der Waals surface area contributed by atoms with Gasteiger partial charge in [-0.2, -0.15) is 0 Å². The van der Waals surface area contributed by atoms with E-state index in [2.05, 4.69) is 43.8 Å². The maximum absolute atomic E-state index is 12.1. The van der Waals surface area contributed by atoms with E-state index >= 15 is 0 Å². The molecule has 1 amide bonds. The van der Waals surface area contributed by atoms with Crippen molar-refractivity contribution in [2.75, 3.05) is 27.2 Å². The third-order valence-corrected chi connectivity index (χ3v) is 3.64. The molecule has 0 unspecified atom stereocenters. The summed E-state index contributed by atoms with van der Waals surface area (Å²) in [5.74, 6) is 0.0564. The first-order valence-corrected chi connectivity index (χ1v) is 6.78. The van der Waals surface area contributed by atoms with Gasteiger partial charge in [-0.25, -0.2) is 0 Å². The molecule has 0 aliphatic heterocycles. The topological polar surface area (TPSA) is 32.3 Å². The highest BCUT2D eigenvalue weighted by atomic mass is 127. The van der Waals surface area contributed by atoms with Crippen LogP contribution in [0.25, 0.3) is 0 Å². The van der Waals surface area contributed by atoms with E-state index in [1.165, 1.54) is 0 Å². The molecule has 1 rings (SSSR count). The van der Waals surface area contributed by atoms with Crippen LogP contribution in [0.4, 0.5) is 0 Å². The summed E-state index contributed by atoms with van der Waals surface area (Å²) in [6, 6.07) is 5.73. The molecule has 3 nitrogen and oxygen atoms in total. The van der Waals surface area contributed by atoms with E-state index in [1.807, 2.05) is 32.3 Å². The molecular formula is C11H14BrIN2O. The summed E-state index contributed by atoms with van der Waals surface area (Å²) < 4.78 is 1.90. The van der Waals surface area contributed by atoms with Gasteiger partial charge < -0.3 is 10.2 Å². The lowest BCUT2D eigenvalue weighted by Crippen LogP contribution is -2.33. The Morgan fingerprint density at radius 1 is 1.56 bits per heavy atom. The minimum Gasteiger partial charge on any atom is -0.340 e. The molecule has 0 aliphatic rings. The molecule has 88 valence electrons. The van der Waals surface area contributed by atoms with Crippen LogP contribution in [0.3, 0.4) is 0 Å². The highest BCUT2D eigenvalue weighted by Crippen LogP contribution is 2.19. The second kappa shape index (κ2) is 6.56. The van der Waals surface area contributed by atoms with Gasteiger partial charge in [0, 0.05) is 28.2 Å². The van der Waals surface area contributed by atoms with Crippen molar-refractivity contribution < 1.29 is 4.79 Å². The van der Waals surface area contributed by atoms with Crippen LogP contribution in [0.5, 0.6) is 0 Å². The van der Waals surface area contributed by atoms with Crippen LogP contribution in [0.2, 0.25) is 0 Å². The fourth-order valence-corrected chi connectivity index (χ4v) is 2.18. The molecule has 16 heavy (non-hydrogen) atoms. The lowest BCUT2D eigenvalue weighted by Gasteiger charge is -2.17. The lowest BCUT2D eigenvalue weighted by molar-refractivity contribution is 0.0796. The summed E-state index contributed by atoms with van der Waals surface area (Å²) in [7, 11) is 3.69. The average Bonchev–Trinajstić information content (AvgIpc) is 2.28. The van der Waals surface area contributed by atoms with Crippen LogP contribution in [0.1, 0.15) is 10.4 Å². The standard InChI is InChI=1S/C11H14BrIN2O/c1-14-5-6-15(2)11(16)9-7-8(12)3-4-10(9)13/h3-4,7,14H,5-6H2,1-2H3. The summed E-state index contributed by atoms with van der Waals surface area (Å²) in [5, 5.41) is 3.03. The van der Waals surface area contributed by atoms with Crippen molar-refractivity contribution >= 4 is 44.4 Å². The van der Waals surface area contributed by atoms with Crippen molar-refractivity contribution in [3.05, 3.63) is 31.8 Å². The summed E-state index contributed by atoms with van der Waals surface area (Å²) in [5.41, 5.74) is 0.744. The van der Waals surface area contributed by atoms with E-state index in [0.717, 1.165) is 20.2 Å². The molecule has 0 aliphatic carbocycles. The van der Waals surface area contributed by atoms with Crippen LogP contribution < -0.4 is 5.32 Å². The Labute approximate surface area is 118 Å². The molecular weight excluding hydrogens is 383 g/mol. The van der Waals surface area contributed by atoms with Crippen LogP contribution in [-0.2, 0) is 0 Å². The second-order valence-corrected chi connectivity index (χ2v) is 5.53. The van der Waals surface area contributed by atoms with Gasteiger partial charge in [0.25, 0.3) is 5.91 Å². The Kier molecular flexibility index (Phi) is 5.71. The number of halogens is 2. The first-order chi connectivity index (χ1) is 7.56. The van der Waals surface area contributed by atoms with Gasteiger partial charge in [0.1, 0.15) is 0 Å². The van der Waals surface area contributed by atoms with Gasteiger partial charge in [0.15, 0.2) is 0 Å². The predicted octanol–water partition coefficient (Wildman–Crippen LogP) is 2.35. The fraction of sp³-hybridized carbons (Fsp3) is 0.364. The van der Waals surface area contributed by atoms with Crippen molar-refractivity contribution in [2.45, 2.75) is 0 Å². The largest absolute Gasteiger partial charge is 0.340 e. The third-order valence-electron chi connectivity index (χ3n) is 2.20. The number of benzene rings is 1. The zero-order chi connectivity index (χ0) is 12.1. The van der Waals surface area contributed by atoms with E-state index < -0.39 is 0 Å². The molecule has 0 fully saturated rings. The number of carbonyl (C=O) groups is 1. The van der Waals surface area contributed by atoms with Gasteiger partial charge in [-0.15, -0.1) is 0 Å². The summed E-state index contributed by atoms with van der Waals surface area (Å²) in [4.78, 5) is 13.8. The summed E-state index contributed by atoms with van der Waals surface area (Å²) in [6.45, 7) is 1.50. The van der Waals surface area contributed by atoms with Gasteiger partial charge in [0.2, 0.25) is 0 Å². The normalized spacial score (nSPS) is 10.2. The van der Waals surface area contributed by atoms with Crippen LogP contribution in [-0.4, -0.2) is 38.0 Å². The minimum atomic E-state index is 0.0564. The Bertz CT molecular complexity index is 384. The summed E-state index contributed by atoms with van der Waals surface area (Å²) in [6.07, 6.45) is 0. The Morgan fingerprint density at radius 3 is 2.88 bits per heavy atom. The van der Waals surface area contributed by atoms with Crippen molar-refractivity contribution in [2.24, 2.45) is 0 Å². The Balaban J connectivity index is 2.83. The van der Waals surface area contributed by atoms with E-state index in [4.69, 9.17) is 0 Å². The molecule has 0 saturated heterocycles. The predicted molar refractivity (Wildman–Crippen MR) is 77.7 cm³/mol. The smallest absolute Gasteiger partial charge is 0.254 e. The average molecular weight is 397 g/mol. The molecule has 1 aromatic rings. The lowest BCUT2D eigenvalue weighted by atomic mass is 10.2. The van der Waals surface area contributed by atoms with E-state index in [0.29, 0.717) is 6.54 Å². The number of rotatable bonds is 4. The molecule has 0 heterocycles. The molecule has 1 N–H and O–H groups in total. The van der Waals surface area contributed by atoms with Crippen molar-refractivity contribution in [3.8, 4) is 0 Å². The van der Waals surface area contributed by atoms with E-state index in [1.54, 1.807) is 4.90 Å². The van der Waals surface area contributed by atoms with Crippen LogP contribution >= 0.6 is 38.5 Å². The van der Waals surface area contributed by atoms with E-state index in [-0.39, 0.29) is 5.91 Å². The first kappa shape index (κ1) is 13.9. The van der Waals surface area contributed by atoms with Gasteiger partial charge >= 0.3 is 0 Å². The van der Waals surface area contributed by atoms with Crippen molar-refractivity contribution in [1.29, 1.82) is 0 Å². The van der Waals surface area contributed by atoms with Crippen molar-refractivity contribution in [1.82, 2.24) is 10.2 Å². The maximum atomic E-state index is 12.1. The maximum Gasteiger partial charge on any atom is 0.254 e. The number of hydrogen-bond acceptors (Lipinski definition) is 2. The Morgan fingerprint density at radius 2 is 2.25 bits per heavy atom. The molecule has 0 spiro atoms. The van der Waals surface area contributed by atoms with Crippen LogP contribution in [0.15, 0.2) is 22.7 Å². The number of nitrogens with zero attached hydrogens (tertiary/aromatic N) is 1. The second-order valence-electron chi connectivity index (χ2n) is 3.45. The molecule has 1 aromatic carbocycles. The minimum absolute atomic E-state index is 0.0564. The molecule has 0 radical (unpaired) electrons. The number of hydrogen-bond donors (Lipinski definition) is 1. The highest BCUT2D eigenvalue weighted by Gasteiger charge is 2.14.